The largest absolute Gasteiger partial charge is 0.478 e. The minimum Gasteiger partial charge on any atom is -0.478 e. The molecule has 5 rings (SSSR count). The Labute approximate surface area is 213 Å². The highest BCUT2D eigenvalue weighted by molar-refractivity contribution is 7.19. The first-order chi connectivity index (χ1) is 15.9. The second-order valence-electron chi connectivity index (χ2n) is 8.81. The molecule has 2 fully saturated rings. The molecule has 3 aromatic rings. The molecule has 1 saturated carbocycles. The quantitative estimate of drug-likeness (QED) is 0.405. The van der Waals surface area contributed by atoms with Gasteiger partial charge in [0.15, 0.2) is 0 Å². The van der Waals surface area contributed by atoms with Gasteiger partial charge in [-0.15, -0.1) is 23.7 Å². The number of carboxylic acids is 1. The summed E-state index contributed by atoms with van der Waals surface area (Å²) in [6, 6.07) is 9.16. The van der Waals surface area contributed by atoms with Crippen LogP contribution in [0.4, 0.5) is 10.1 Å². The zero-order chi connectivity index (χ0) is 23.1. The summed E-state index contributed by atoms with van der Waals surface area (Å²) < 4.78 is 21.0. The Balaban J connectivity index is 0.00000274. The number of ether oxygens (including phenoxy) is 1. The van der Waals surface area contributed by atoms with Crippen molar-refractivity contribution in [2.24, 2.45) is 0 Å². The molecule has 2 aromatic carbocycles. The fraction of sp³-hybridized carbons (Fsp3) is 0.400. The number of anilines is 1. The molecule has 2 heterocycles. The molecule has 182 valence electrons. The Bertz CT molecular complexity index is 1210. The minimum absolute atomic E-state index is 0. The van der Waals surface area contributed by atoms with Crippen molar-refractivity contribution in [3.05, 3.63) is 51.6 Å². The maximum Gasteiger partial charge on any atom is 0.337 e. The minimum atomic E-state index is -0.978. The summed E-state index contributed by atoms with van der Waals surface area (Å²) >= 11 is 7.49. The summed E-state index contributed by atoms with van der Waals surface area (Å²) in [4.78, 5) is 15.3. The first-order valence-corrected chi connectivity index (χ1v) is 12.5. The highest BCUT2D eigenvalue weighted by Crippen LogP contribution is 2.41. The van der Waals surface area contributed by atoms with Crippen LogP contribution in [0.2, 0.25) is 5.02 Å². The van der Waals surface area contributed by atoms with E-state index in [2.05, 4.69) is 10.2 Å². The number of hydrogen-bond donors (Lipinski definition) is 2. The summed E-state index contributed by atoms with van der Waals surface area (Å²) in [5.74, 6) is -1.46. The monoisotopic (exact) mass is 524 g/mol. The van der Waals surface area contributed by atoms with Gasteiger partial charge >= 0.3 is 5.97 Å². The number of carboxylic acid groups (broad SMARTS) is 1. The molecule has 0 amide bonds. The molecular formula is C25H27Cl2FN2O3S. The van der Waals surface area contributed by atoms with E-state index in [1.165, 1.54) is 36.7 Å². The van der Waals surface area contributed by atoms with Crippen molar-refractivity contribution in [2.45, 2.75) is 38.3 Å². The Morgan fingerprint density at radius 3 is 2.82 bits per heavy atom. The maximum atomic E-state index is 14.2. The van der Waals surface area contributed by atoms with Crippen LogP contribution in [0.15, 0.2) is 30.3 Å². The first-order valence-electron chi connectivity index (χ1n) is 11.3. The van der Waals surface area contributed by atoms with E-state index in [0.29, 0.717) is 31.4 Å². The lowest BCUT2D eigenvalue weighted by Gasteiger charge is -2.37. The topological polar surface area (TPSA) is 61.8 Å². The van der Waals surface area contributed by atoms with E-state index < -0.39 is 11.8 Å². The molecule has 1 aromatic heterocycles. The second-order valence-corrected chi connectivity index (χ2v) is 10.5. The lowest BCUT2D eigenvalue weighted by Crippen LogP contribution is -2.49. The third-order valence-corrected chi connectivity index (χ3v) is 8.00. The molecular weight excluding hydrogens is 498 g/mol. The van der Waals surface area contributed by atoms with E-state index in [4.69, 9.17) is 16.3 Å². The van der Waals surface area contributed by atoms with Gasteiger partial charge in [-0.05, 0) is 49.6 Å². The number of hydrogen-bond acceptors (Lipinski definition) is 5. The average molecular weight is 525 g/mol. The molecule has 9 heteroatoms. The number of nitrogens with one attached hydrogen (secondary N) is 1. The molecule has 1 saturated heterocycles. The van der Waals surface area contributed by atoms with Crippen molar-refractivity contribution in [3.8, 4) is 11.1 Å². The van der Waals surface area contributed by atoms with Gasteiger partial charge in [0.05, 0.1) is 29.0 Å². The number of rotatable bonds is 6. The van der Waals surface area contributed by atoms with Crippen molar-refractivity contribution in [2.75, 3.05) is 31.1 Å². The van der Waals surface area contributed by atoms with E-state index in [9.17, 15) is 14.3 Å². The van der Waals surface area contributed by atoms with Crippen LogP contribution in [0, 0.1) is 12.7 Å². The number of thiophene rings is 1. The Kier molecular flexibility index (Phi) is 7.69. The Morgan fingerprint density at radius 2 is 2.12 bits per heavy atom. The number of fused-ring (bicyclic) bond motifs is 1. The molecule has 2 N–H and O–H groups in total. The molecule has 0 bridgehead atoms. The van der Waals surface area contributed by atoms with Gasteiger partial charge < -0.3 is 20.1 Å². The third-order valence-electron chi connectivity index (χ3n) is 6.64. The summed E-state index contributed by atoms with van der Waals surface area (Å²) in [6.07, 6.45) is 3.74. The van der Waals surface area contributed by atoms with Crippen molar-refractivity contribution in [3.63, 3.8) is 0 Å². The maximum absolute atomic E-state index is 14.2. The third kappa shape index (κ3) is 4.90. The standard InChI is InChI=1S/C25H26ClFN2O3S.ClH/c1-14-24(19-10-21(27)20(26)11-23(19)33-14)15-5-6-22(18(9-15)25(30)31)29-7-8-32-17(13-29)12-28-16-3-2-4-16;/h5-6,9-11,16-17,28H,2-4,7-8,12-13H2,1H3,(H,30,31);1H/t17-;/m1./s1. The number of carbonyl (C=O) groups is 1. The van der Waals surface area contributed by atoms with E-state index in [0.717, 1.165) is 32.6 Å². The highest BCUT2D eigenvalue weighted by atomic mass is 35.5. The van der Waals surface area contributed by atoms with Gasteiger partial charge in [0, 0.05) is 46.2 Å². The number of halogens is 3. The van der Waals surface area contributed by atoms with Crippen LogP contribution in [-0.4, -0.2) is 49.5 Å². The van der Waals surface area contributed by atoms with Crippen molar-refractivity contribution in [1.82, 2.24) is 5.32 Å². The zero-order valence-electron chi connectivity index (χ0n) is 18.8. The van der Waals surface area contributed by atoms with Crippen LogP contribution >= 0.6 is 35.3 Å². The lowest BCUT2D eigenvalue weighted by molar-refractivity contribution is 0.0370. The van der Waals surface area contributed by atoms with Gasteiger partial charge in [-0.1, -0.05) is 24.1 Å². The fourth-order valence-corrected chi connectivity index (χ4v) is 6.02. The lowest BCUT2D eigenvalue weighted by atomic mass is 9.93. The van der Waals surface area contributed by atoms with Gasteiger partial charge in [0.1, 0.15) is 5.82 Å². The number of morpholine rings is 1. The van der Waals surface area contributed by atoms with Gasteiger partial charge in [-0.25, -0.2) is 9.18 Å². The SMILES string of the molecule is Cc1sc2cc(Cl)c(F)cc2c1-c1ccc(N2CCO[C@H](CNC3CCC3)C2)c(C(=O)O)c1.Cl. The molecule has 1 atom stereocenters. The zero-order valence-corrected chi connectivity index (χ0v) is 21.2. The van der Waals surface area contributed by atoms with Crippen molar-refractivity contribution < 1.29 is 19.0 Å². The smallest absolute Gasteiger partial charge is 0.337 e. The van der Waals surface area contributed by atoms with Crippen molar-refractivity contribution >= 4 is 57.1 Å². The van der Waals surface area contributed by atoms with E-state index >= 15 is 0 Å². The molecule has 2 aliphatic rings. The van der Waals surface area contributed by atoms with E-state index in [1.54, 1.807) is 12.1 Å². The molecule has 0 unspecified atom stereocenters. The van der Waals surface area contributed by atoms with Gasteiger partial charge in [-0.2, -0.15) is 0 Å². The molecule has 1 aliphatic heterocycles. The second kappa shape index (κ2) is 10.4. The highest BCUT2D eigenvalue weighted by Gasteiger charge is 2.26. The molecule has 0 spiro atoms. The van der Waals surface area contributed by atoms with E-state index in [-0.39, 0.29) is 29.1 Å². The summed E-state index contributed by atoms with van der Waals surface area (Å²) in [5.41, 5.74) is 2.55. The van der Waals surface area contributed by atoms with Gasteiger partial charge in [0.25, 0.3) is 0 Å². The number of nitrogens with zero attached hydrogens (tertiary/aromatic N) is 1. The number of aryl methyl sites for hydroxylation is 1. The average Bonchev–Trinajstić information content (AvgIpc) is 3.07. The molecule has 5 nitrogen and oxygen atoms in total. The molecule has 34 heavy (non-hydrogen) atoms. The normalized spacial score (nSPS) is 18.6. The molecule has 1 aliphatic carbocycles. The Hall–Kier alpha value is -1.90. The summed E-state index contributed by atoms with van der Waals surface area (Å²) in [7, 11) is 0. The van der Waals surface area contributed by atoms with Crippen LogP contribution in [-0.2, 0) is 4.74 Å². The summed E-state index contributed by atoms with van der Waals surface area (Å²) in [6.45, 7) is 4.58. The van der Waals surface area contributed by atoms with Crippen LogP contribution < -0.4 is 10.2 Å². The van der Waals surface area contributed by atoms with Gasteiger partial charge in [-0.3, -0.25) is 0 Å². The van der Waals surface area contributed by atoms with E-state index in [1.807, 2.05) is 19.1 Å². The van der Waals surface area contributed by atoms with Crippen LogP contribution in [0.5, 0.6) is 0 Å². The molecule has 0 radical (unpaired) electrons. The predicted molar refractivity (Wildman–Crippen MR) is 139 cm³/mol. The van der Waals surface area contributed by atoms with Crippen molar-refractivity contribution in [1.29, 1.82) is 0 Å². The number of aromatic carboxylic acids is 1. The predicted octanol–water partition coefficient (Wildman–Crippen LogP) is 6.14. The first kappa shape index (κ1) is 25.2. The van der Waals surface area contributed by atoms with Crippen LogP contribution in [0.3, 0.4) is 0 Å². The van der Waals surface area contributed by atoms with Crippen LogP contribution in [0.25, 0.3) is 21.2 Å². The summed E-state index contributed by atoms with van der Waals surface area (Å²) in [5, 5.41) is 14.4. The Morgan fingerprint density at radius 1 is 1.32 bits per heavy atom. The van der Waals surface area contributed by atoms with Gasteiger partial charge in [0.2, 0.25) is 0 Å². The van der Waals surface area contributed by atoms with Crippen LogP contribution in [0.1, 0.15) is 34.5 Å². The fourth-order valence-electron chi connectivity index (χ4n) is 4.68. The number of benzene rings is 2.